The molecule has 0 amide bonds. The van der Waals surface area contributed by atoms with E-state index in [1.54, 1.807) is 12.1 Å². The van der Waals surface area contributed by atoms with Crippen LogP contribution in [0.2, 0.25) is 0 Å². The summed E-state index contributed by atoms with van der Waals surface area (Å²) in [6.07, 6.45) is 0.823. The van der Waals surface area contributed by atoms with E-state index in [9.17, 15) is 4.79 Å². The van der Waals surface area contributed by atoms with Crippen molar-refractivity contribution in [2.75, 3.05) is 0 Å². The van der Waals surface area contributed by atoms with Crippen molar-refractivity contribution >= 4 is 21.7 Å². The maximum Gasteiger partial charge on any atom is 0.150 e. The lowest BCUT2D eigenvalue weighted by molar-refractivity contribution is 0.112. The number of hydrogen-bond acceptors (Lipinski definition) is 1. The summed E-state index contributed by atoms with van der Waals surface area (Å²) in [6.45, 7) is 0. The maximum absolute atomic E-state index is 10.1. The molecule has 0 spiro atoms. The molecule has 0 fully saturated rings. The van der Waals surface area contributed by atoms with Gasteiger partial charge in [0, 0.05) is 5.56 Å². The molecule has 2 heteroatoms. The summed E-state index contributed by atoms with van der Waals surface area (Å²) >= 11 is 0. The van der Waals surface area contributed by atoms with Crippen LogP contribution < -0.4 is 5.19 Å². The van der Waals surface area contributed by atoms with E-state index in [0.717, 1.165) is 11.5 Å². The highest BCUT2D eigenvalue weighted by atomic mass is 28.1. The predicted octanol–water partition coefficient (Wildman–Crippen LogP) is 0.293. The Balaban J connectivity index is 3.07. The topological polar surface area (TPSA) is 17.1 Å². The number of hydrogen-bond donors (Lipinski definition) is 0. The van der Waals surface area contributed by atoms with E-state index in [0.29, 0.717) is 5.56 Å². The summed E-state index contributed by atoms with van der Waals surface area (Å²) in [5, 5.41) is 0.930. The summed E-state index contributed by atoms with van der Waals surface area (Å²) in [7, 11) is 3.29. The Bertz CT molecular complexity index is 220. The lowest BCUT2D eigenvalue weighted by Crippen LogP contribution is -2.01. The molecule has 0 aliphatic heterocycles. The molecule has 0 atom stereocenters. The highest BCUT2D eigenvalue weighted by Crippen LogP contribution is 1.89. The van der Waals surface area contributed by atoms with Crippen LogP contribution in [-0.4, -0.2) is 16.5 Å². The van der Waals surface area contributed by atoms with E-state index in [2.05, 4.69) is 10.2 Å². The highest BCUT2D eigenvalue weighted by Gasteiger charge is 1.86. The van der Waals surface area contributed by atoms with Gasteiger partial charge in [-0.1, -0.05) is 29.5 Å². The Kier molecular flexibility index (Phi) is 1.80. The lowest BCUT2D eigenvalue weighted by atomic mass is 10.2. The Labute approximate surface area is 57.1 Å². The van der Waals surface area contributed by atoms with Gasteiger partial charge in [0.25, 0.3) is 0 Å². The summed E-state index contributed by atoms with van der Waals surface area (Å²) in [6, 6.07) is 7.23. The van der Waals surface area contributed by atoms with Crippen LogP contribution in [0.1, 0.15) is 10.4 Å². The smallest absolute Gasteiger partial charge is 0.150 e. The molecule has 0 unspecified atom stereocenters. The van der Waals surface area contributed by atoms with Crippen LogP contribution >= 0.6 is 0 Å². The standard InChI is InChI=1S/C7H5OSi/c8-5-6-2-1-3-7(9)4-6/h1-5H. The van der Waals surface area contributed by atoms with Crippen molar-refractivity contribution in [2.45, 2.75) is 0 Å². The summed E-state index contributed by atoms with van der Waals surface area (Å²) < 4.78 is 0. The first-order chi connectivity index (χ1) is 4.33. The van der Waals surface area contributed by atoms with Gasteiger partial charge in [-0.05, 0) is 0 Å². The van der Waals surface area contributed by atoms with Crippen molar-refractivity contribution in [1.82, 2.24) is 0 Å². The molecule has 0 heterocycles. The molecule has 0 saturated heterocycles. The molecule has 0 bridgehead atoms. The van der Waals surface area contributed by atoms with Crippen LogP contribution in [0.15, 0.2) is 24.3 Å². The van der Waals surface area contributed by atoms with Crippen molar-refractivity contribution in [1.29, 1.82) is 0 Å². The molecule has 1 nitrogen and oxygen atoms in total. The monoisotopic (exact) mass is 133 g/mol. The van der Waals surface area contributed by atoms with Crippen molar-refractivity contribution in [3.8, 4) is 0 Å². The van der Waals surface area contributed by atoms with Crippen LogP contribution in [0.3, 0.4) is 0 Å². The fourth-order valence-electron chi connectivity index (χ4n) is 0.612. The molecule has 1 aromatic carbocycles. The number of aldehydes is 1. The molecule has 43 valence electrons. The molecule has 0 N–H and O–H groups in total. The van der Waals surface area contributed by atoms with Gasteiger partial charge in [-0.3, -0.25) is 4.79 Å². The fraction of sp³-hybridized carbons (Fsp3) is 0. The second-order valence-corrected chi connectivity index (χ2v) is 2.32. The largest absolute Gasteiger partial charge is 0.298 e. The molecule has 0 saturated carbocycles. The Morgan fingerprint density at radius 2 is 2.22 bits per heavy atom. The van der Waals surface area contributed by atoms with Gasteiger partial charge in [-0.15, -0.1) is 0 Å². The first-order valence-electron chi connectivity index (χ1n) is 2.60. The molecule has 3 radical (unpaired) electrons. The fourth-order valence-corrected chi connectivity index (χ4v) is 0.875. The molecule has 0 aliphatic rings. The number of carbonyl (C=O) groups is 1. The zero-order valence-electron chi connectivity index (χ0n) is 4.79. The Morgan fingerprint density at radius 1 is 1.44 bits per heavy atom. The van der Waals surface area contributed by atoms with Crippen molar-refractivity contribution in [3.05, 3.63) is 29.8 Å². The Morgan fingerprint density at radius 3 is 2.67 bits per heavy atom. The zero-order valence-corrected chi connectivity index (χ0v) is 5.79. The minimum absolute atomic E-state index is 0.697. The molecule has 0 aromatic heterocycles. The summed E-state index contributed by atoms with van der Waals surface area (Å²) in [5.74, 6) is 0. The third-order valence-electron chi connectivity index (χ3n) is 1.02. The Hall–Kier alpha value is -0.893. The van der Waals surface area contributed by atoms with E-state index in [1.807, 2.05) is 12.1 Å². The average molecular weight is 133 g/mol. The van der Waals surface area contributed by atoms with Crippen LogP contribution in [-0.2, 0) is 0 Å². The minimum atomic E-state index is 0.697. The van der Waals surface area contributed by atoms with Gasteiger partial charge in [0.2, 0.25) is 0 Å². The predicted molar refractivity (Wildman–Crippen MR) is 37.2 cm³/mol. The number of rotatable bonds is 1. The van der Waals surface area contributed by atoms with Gasteiger partial charge in [0.1, 0.15) is 6.29 Å². The van der Waals surface area contributed by atoms with Crippen molar-refractivity contribution in [3.63, 3.8) is 0 Å². The van der Waals surface area contributed by atoms with Gasteiger partial charge in [0.15, 0.2) is 0 Å². The van der Waals surface area contributed by atoms with Gasteiger partial charge in [0.05, 0.1) is 10.2 Å². The maximum atomic E-state index is 10.1. The van der Waals surface area contributed by atoms with Crippen LogP contribution in [0.5, 0.6) is 0 Å². The van der Waals surface area contributed by atoms with E-state index in [-0.39, 0.29) is 0 Å². The minimum Gasteiger partial charge on any atom is -0.298 e. The van der Waals surface area contributed by atoms with Gasteiger partial charge < -0.3 is 0 Å². The SMILES string of the molecule is O=Cc1cccc([Si])c1. The molecular formula is C7H5OSi. The van der Waals surface area contributed by atoms with Crippen molar-refractivity contribution < 1.29 is 4.79 Å². The van der Waals surface area contributed by atoms with E-state index in [4.69, 9.17) is 0 Å². The zero-order chi connectivity index (χ0) is 6.69. The van der Waals surface area contributed by atoms with Gasteiger partial charge in [-0.2, -0.15) is 0 Å². The third-order valence-corrected chi connectivity index (χ3v) is 1.33. The van der Waals surface area contributed by atoms with Gasteiger partial charge >= 0.3 is 0 Å². The quantitative estimate of drug-likeness (QED) is 0.397. The van der Waals surface area contributed by atoms with Crippen molar-refractivity contribution in [2.24, 2.45) is 0 Å². The average Bonchev–Trinajstić information content (AvgIpc) is 1.88. The van der Waals surface area contributed by atoms with E-state index < -0.39 is 0 Å². The van der Waals surface area contributed by atoms with Gasteiger partial charge in [-0.25, -0.2) is 0 Å². The number of carbonyl (C=O) groups excluding carboxylic acids is 1. The second-order valence-electron chi connectivity index (χ2n) is 1.74. The van der Waals surface area contributed by atoms with E-state index >= 15 is 0 Å². The second kappa shape index (κ2) is 2.59. The van der Waals surface area contributed by atoms with E-state index in [1.165, 1.54) is 0 Å². The molecule has 9 heavy (non-hydrogen) atoms. The molecular weight excluding hydrogens is 128 g/mol. The highest BCUT2D eigenvalue weighted by molar-refractivity contribution is 6.32. The van der Waals surface area contributed by atoms with Crippen LogP contribution in [0.25, 0.3) is 0 Å². The lowest BCUT2D eigenvalue weighted by Gasteiger charge is -1.89. The van der Waals surface area contributed by atoms with Crippen LogP contribution in [0, 0.1) is 0 Å². The normalized spacial score (nSPS) is 9.00. The number of benzene rings is 1. The molecule has 1 aromatic rings. The molecule has 0 aliphatic carbocycles. The first-order valence-corrected chi connectivity index (χ1v) is 3.10. The molecule has 1 rings (SSSR count). The third kappa shape index (κ3) is 1.50. The summed E-state index contributed by atoms with van der Waals surface area (Å²) in [5.41, 5.74) is 0.697. The first kappa shape index (κ1) is 6.23. The summed E-state index contributed by atoms with van der Waals surface area (Å²) in [4.78, 5) is 10.1. The van der Waals surface area contributed by atoms with Crippen LogP contribution in [0.4, 0.5) is 0 Å².